The van der Waals surface area contributed by atoms with Crippen molar-refractivity contribution in [1.82, 2.24) is 4.90 Å². The van der Waals surface area contributed by atoms with Gasteiger partial charge < -0.3 is 9.80 Å². The quantitative estimate of drug-likeness (QED) is 0.799. The molecule has 126 valence electrons. The number of amides is 1. The highest BCUT2D eigenvalue weighted by molar-refractivity contribution is 7.08. The maximum atomic E-state index is 14.2. The van der Waals surface area contributed by atoms with Gasteiger partial charge >= 0.3 is 0 Å². The third-order valence-electron chi connectivity index (χ3n) is 4.26. The van der Waals surface area contributed by atoms with E-state index in [9.17, 15) is 14.0 Å². The standard InChI is InChI=1S/C18H19FN2O2S/c1-13(22)15-2-3-17(16(19)11-15)20-5-7-21(8-6-20)18(23)10-14-4-9-24-12-14/h2-4,9,11-12H,5-8,10H2,1H3. The number of hydrogen-bond donors (Lipinski definition) is 0. The van der Waals surface area contributed by atoms with E-state index in [0.29, 0.717) is 43.9 Å². The predicted octanol–water partition coefficient (Wildman–Crippen LogP) is 2.98. The maximum absolute atomic E-state index is 14.2. The molecule has 1 fully saturated rings. The Bertz CT molecular complexity index is 737. The summed E-state index contributed by atoms with van der Waals surface area (Å²) < 4.78 is 14.2. The summed E-state index contributed by atoms with van der Waals surface area (Å²) in [5.74, 6) is -0.425. The fraction of sp³-hybridized carbons (Fsp3) is 0.333. The van der Waals surface area contributed by atoms with Crippen LogP contribution in [-0.2, 0) is 11.2 Å². The Morgan fingerprint density at radius 1 is 1.17 bits per heavy atom. The summed E-state index contributed by atoms with van der Waals surface area (Å²) in [5.41, 5.74) is 1.91. The minimum atomic E-state index is -0.388. The van der Waals surface area contributed by atoms with Crippen molar-refractivity contribution >= 4 is 28.7 Å². The van der Waals surface area contributed by atoms with Gasteiger partial charge in [-0.25, -0.2) is 4.39 Å². The number of halogens is 1. The molecule has 6 heteroatoms. The van der Waals surface area contributed by atoms with Crippen LogP contribution < -0.4 is 4.90 Å². The highest BCUT2D eigenvalue weighted by Crippen LogP contribution is 2.22. The van der Waals surface area contributed by atoms with E-state index < -0.39 is 0 Å². The molecule has 0 atom stereocenters. The number of piperazine rings is 1. The molecule has 3 rings (SSSR count). The number of benzene rings is 1. The number of carbonyl (C=O) groups is 2. The number of nitrogens with zero attached hydrogens (tertiary/aromatic N) is 2. The Morgan fingerprint density at radius 2 is 1.92 bits per heavy atom. The van der Waals surface area contributed by atoms with Crippen molar-refractivity contribution in [3.63, 3.8) is 0 Å². The number of ketones is 1. The van der Waals surface area contributed by atoms with E-state index in [-0.39, 0.29) is 17.5 Å². The van der Waals surface area contributed by atoms with Crippen LogP contribution in [0.1, 0.15) is 22.8 Å². The van der Waals surface area contributed by atoms with E-state index in [4.69, 9.17) is 0 Å². The lowest BCUT2D eigenvalue weighted by Crippen LogP contribution is -2.49. The van der Waals surface area contributed by atoms with E-state index in [2.05, 4.69) is 0 Å². The van der Waals surface area contributed by atoms with Gasteiger partial charge in [-0.2, -0.15) is 11.3 Å². The van der Waals surface area contributed by atoms with Gasteiger partial charge in [-0.3, -0.25) is 9.59 Å². The van der Waals surface area contributed by atoms with E-state index in [1.54, 1.807) is 23.5 Å². The van der Waals surface area contributed by atoms with E-state index >= 15 is 0 Å². The molecule has 0 unspecified atom stereocenters. The first kappa shape index (κ1) is 16.6. The Morgan fingerprint density at radius 3 is 2.50 bits per heavy atom. The molecule has 0 radical (unpaired) electrons. The molecule has 2 heterocycles. The molecule has 24 heavy (non-hydrogen) atoms. The van der Waals surface area contributed by atoms with Crippen LogP contribution in [0, 0.1) is 5.82 Å². The molecule has 1 aromatic carbocycles. The summed E-state index contributed by atoms with van der Waals surface area (Å²) in [7, 11) is 0. The molecule has 1 aliphatic heterocycles. The number of rotatable bonds is 4. The van der Waals surface area contributed by atoms with Crippen molar-refractivity contribution < 1.29 is 14.0 Å². The number of hydrogen-bond acceptors (Lipinski definition) is 4. The SMILES string of the molecule is CC(=O)c1ccc(N2CCN(C(=O)Cc3ccsc3)CC2)c(F)c1. The van der Waals surface area contributed by atoms with Crippen LogP contribution >= 0.6 is 11.3 Å². The third kappa shape index (κ3) is 3.64. The zero-order valence-electron chi connectivity index (χ0n) is 13.5. The van der Waals surface area contributed by atoms with Crippen molar-refractivity contribution in [1.29, 1.82) is 0 Å². The largest absolute Gasteiger partial charge is 0.366 e. The molecular weight excluding hydrogens is 327 g/mol. The highest BCUT2D eigenvalue weighted by Gasteiger charge is 2.23. The monoisotopic (exact) mass is 346 g/mol. The summed E-state index contributed by atoms with van der Waals surface area (Å²) in [6.45, 7) is 3.76. The zero-order chi connectivity index (χ0) is 17.1. The molecule has 2 aromatic rings. The highest BCUT2D eigenvalue weighted by atomic mass is 32.1. The molecule has 1 aromatic heterocycles. The van der Waals surface area contributed by atoms with Crippen molar-refractivity contribution in [3.8, 4) is 0 Å². The van der Waals surface area contributed by atoms with E-state index in [1.165, 1.54) is 13.0 Å². The van der Waals surface area contributed by atoms with Gasteiger partial charge in [0, 0.05) is 31.7 Å². The molecule has 0 N–H and O–H groups in total. The van der Waals surface area contributed by atoms with Crippen LogP contribution in [-0.4, -0.2) is 42.8 Å². The molecule has 0 aliphatic carbocycles. The predicted molar refractivity (Wildman–Crippen MR) is 93.2 cm³/mol. The first-order valence-electron chi connectivity index (χ1n) is 7.89. The van der Waals surface area contributed by atoms with Crippen LogP contribution in [0.4, 0.5) is 10.1 Å². The lowest BCUT2D eigenvalue weighted by Gasteiger charge is -2.36. The fourth-order valence-corrected chi connectivity index (χ4v) is 3.53. The second-order valence-corrected chi connectivity index (χ2v) is 6.68. The van der Waals surface area contributed by atoms with Gasteiger partial charge in [0.1, 0.15) is 5.82 Å². The topological polar surface area (TPSA) is 40.6 Å². The number of carbonyl (C=O) groups excluding carboxylic acids is 2. The van der Waals surface area contributed by atoms with Crippen LogP contribution in [0.2, 0.25) is 0 Å². The lowest BCUT2D eigenvalue weighted by atomic mass is 10.1. The van der Waals surface area contributed by atoms with Crippen molar-refractivity contribution in [2.75, 3.05) is 31.1 Å². The van der Waals surface area contributed by atoms with Gasteiger partial charge in [-0.05, 0) is 47.5 Å². The normalized spacial score (nSPS) is 14.8. The van der Waals surface area contributed by atoms with Gasteiger partial charge in [0.25, 0.3) is 0 Å². The van der Waals surface area contributed by atoms with Crippen LogP contribution in [0.25, 0.3) is 0 Å². The molecule has 1 aliphatic rings. The zero-order valence-corrected chi connectivity index (χ0v) is 14.3. The number of Topliss-reactive ketones (excluding diaryl/α,β-unsaturated/α-hetero) is 1. The summed E-state index contributed by atoms with van der Waals surface area (Å²) in [6, 6.07) is 6.54. The van der Waals surface area contributed by atoms with Crippen molar-refractivity contribution in [3.05, 3.63) is 52.0 Å². The first-order chi connectivity index (χ1) is 11.5. The molecular formula is C18H19FN2O2S. The smallest absolute Gasteiger partial charge is 0.227 e. The average molecular weight is 346 g/mol. The van der Waals surface area contributed by atoms with Gasteiger partial charge in [0.15, 0.2) is 5.78 Å². The van der Waals surface area contributed by atoms with Gasteiger partial charge in [0.2, 0.25) is 5.91 Å². The van der Waals surface area contributed by atoms with E-state index in [1.807, 2.05) is 26.6 Å². The summed E-state index contributed by atoms with van der Waals surface area (Å²) in [5, 5.41) is 3.95. The minimum Gasteiger partial charge on any atom is -0.366 e. The Labute approximate surface area is 144 Å². The minimum absolute atomic E-state index is 0.112. The molecule has 0 bridgehead atoms. The molecule has 0 spiro atoms. The van der Waals surface area contributed by atoms with Crippen molar-refractivity contribution in [2.45, 2.75) is 13.3 Å². The Hall–Kier alpha value is -2.21. The second-order valence-electron chi connectivity index (χ2n) is 5.90. The summed E-state index contributed by atoms with van der Waals surface area (Å²) in [6.07, 6.45) is 0.422. The summed E-state index contributed by atoms with van der Waals surface area (Å²) >= 11 is 1.59. The first-order valence-corrected chi connectivity index (χ1v) is 8.83. The fourth-order valence-electron chi connectivity index (χ4n) is 2.86. The maximum Gasteiger partial charge on any atom is 0.227 e. The van der Waals surface area contributed by atoms with Gasteiger partial charge in [0.05, 0.1) is 12.1 Å². The Balaban J connectivity index is 1.60. The summed E-state index contributed by atoms with van der Waals surface area (Å²) in [4.78, 5) is 27.4. The third-order valence-corrected chi connectivity index (χ3v) is 4.99. The van der Waals surface area contributed by atoms with Crippen LogP contribution in [0.15, 0.2) is 35.0 Å². The average Bonchev–Trinajstić information content (AvgIpc) is 3.08. The van der Waals surface area contributed by atoms with E-state index in [0.717, 1.165) is 5.56 Å². The lowest BCUT2D eigenvalue weighted by molar-refractivity contribution is -0.130. The molecule has 0 saturated carbocycles. The van der Waals surface area contributed by atoms with Crippen LogP contribution in [0.3, 0.4) is 0 Å². The Kier molecular flexibility index (Phi) is 4.94. The molecule has 1 amide bonds. The van der Waals surface area contributed by atoms with Crippen molar-refractivity contribution in [2.24, 2.45) is 0 Å². The van der Waals surface area contributed by atoms with Gasteiger partial charge in [-0.15, -0.1) is 0 Å². The van der Waals surface area contributed by atoms with Crippen LogP contribution in [0.5, 0.6) is 0 Å². The number of thiophene rings is 1. The molecule has 4 nitrogen and oxygen atoms in total. The molecule has 1 saturated heterocycles. The number of anilines is 1. The second kappa shape index (κ2) is 7.13. The van der Waals surface area contributed by atoms with Gasteiger partial charge in [-0.1, -0.05) is 0 Å².